The van der Waals surface area contributed by atoms with Gasteiger partial charge >= 0.3 is 5.97 Å². The number of nitrogens with one attached hydrogen (secondary N) is 1. The van der Waals surface area contributed by atoms with E-state index < -0.39 is 22.9 Å². The number of hydrogen-bond acceptors (Lipinski definition) is 7. The summed E-state index contributed by atoms with van der Waals surface area (Å²) >= 11 is 5.88. The molecule has 1 amide bonds. The standard InChI is InChI=1S/C23H18ClN3O6/c1-15(32-20-11-7-19(8-12-20)27(30)31)22(28)26-25-14-16-5-9-21(10-6-16)33-23(29)17-3-2-4-18(24)13-17/h2-15H,1H3,(H,26,28)/b25-14-/t15-/m0/s1. The van der Waals surface area contributed by atoms with E-state index >= 15 is 0 Å². The lowest BCUT2D eigenvalue weighted by molar-refractivity contribution is -0.384. The van der Waals surface area contributed by atoms with Crippen molar-refractivity contribution in [3.8, 4) is 11.5 Å². The molecule has 0 fully saturated rings. The number of non-ortho nitro benzene ring substituents is 1. The molecule has 0 aliphatic rings. The van der Waals surface area contributed by atoms with Crippen LogP contribution in [0.15, 0.2) is 77.9 Å². The highest BCUT2D eigenvalue weighted by molar-refractivity contribution is 6.30. The number of benzene rings is 3. The Labute approximate surface area is 193 Å². The van der Waals surface area contributed by atoms with Gasteiger partial charge in [-0.25, -0.2) is 10.2 Å². The minimum atomic E-state index is -0.878. The quantitative estimate of drug-likeness (QED) is 0.172. The van der Waals surface area contributed by atoms with Gasteiger partial charge in [0.1, 0.15) is 11.5 Å². The molecule has 33 heavy (non-hydrogen) atoms. The molecule has 0 saturated heterocycles. The van der Waals surface area contributed by atoms with E-state index in [1.165, 1.54) is 43.5 Å². The molecule has 0 bridgehead atoms. The van der Waals surface area contributed by atoms with Gasteiger partial charge in [0.15, 0.2) is 6.10 Å². The first-order valence-electron chi connectivity index (χ1n) is 9.63. The summed E-state index contributed by atoms with van der Waals surface area (Å²) in [4.78, 5) is 34.4. The Balaban J connectivity index is 1.49. The van der Waals surface area contributed by atoms with Crippen molar-refractivity contribution in [2.75, 3.05) is 0 Å². The molecule has 0 spiro atoms. The molecule has 0 aliphatic carbocycles. The molecule has 0 unspecified atom stereocenters. The summed E-state index contributed by atoms with van der Waals surface area (Å²) in [6, 6.07) is 18.3. The molecule has 3 rings (SSSR count). The molecule has 1 N–H and O–H groups in total. The van der Waals surface area contributed by atoms with E-state index in [9.17, 15) is 19.7 Å². The van der Waals surface area contributed by atoms with Crippen LogP contribution in [0.3, 0.4) is 0 Å². The number of rotatable bonds is 8. The van der Waals surface area contributed by atoms with Crippen LogP contribution in [0.5, 0.6) is 11.5 Å². The van der Waals surface area contributed by atoms with Crippen molar-refractivity contribution >= 4 is 35.4 Å². The fourth-order valence-corrected chi connectivity index (χ4v) is 2.76. The fourth-order valence-electron chi connectivity index (χ4n) is 2.57. The third-order valence-electron chi connectivity index (χ3n) is 4.27. The second kappa shape index (κ2) is 10.9. The van der Waals surface area contributed by atoms with Crippen molar-refractivity contribution in [2.24, 2.45) is 5.10 Å². The van der Waals surface area contributed by atoms with Gasteiger partial charge in [-0.3, -0.25) is 14.9 Å². The molecule has 3 aromatic carbocycles. The molecule has 168 valence electrons. The van der Waals surface area contributed by atoms with Gasteiger partial charge in [-0.15, -0.1) is 0 Å². The first-order valence-corrected chi connectivity index (χ1v) is 10.0. The summed E-state index contributed by atoms with van der Waals surface area (Å²) in [7, 11) is 0. The van der Waals surface area contributed by atoms with Gasteiger partial charge in [-0.05, 0) is 67.1 Å². The number of nitro groups is 1. The van der Waals surface area contributed by atoms with Gasteiger partial charge in [0.05, 0.1) is 16.7 Å². The van der Waals surface area contributed by atoms with E-state index in [1.54, 1.807) is 42.5 Å². The van der Waals surface area contributed by atoms with Gasteiger partial charge in [0, 0.05) is 17.2 Å². The molecule has 1 atom stereocenters. The highest BCUT2D eigenvalue weighted by atomic mass is 35.5. The van der Waals surface area contributed by atoms with Crippen LogP contribution in [0, 0.1) is 10.1 Å². The zero-order chi connectivity index (χ0) is 23.8. The van der Waals surface area contributed by atoms with Crippen molar-refractivity contribution in [2.45, 2.75) is 13.0 Å². The number of hydrogen-bond donors (Lipinski definition) is 1. The Morgan fingerprint density at radius 1 is 1.06 bits per heavy atom. The molecule has 10 heteroatoms. The van der Waals surface area contributed by atoms with Gasteiger partial charge < -0.3 is 9.47 Å². The van der Waals surface area contributed by atoms with Crippen LogP contribution >= 0.6 is 11.6 Å². The normalized spacial score (nSPS) is 11.6. The summed E-state index contributed by atoms with van der Waals surface area (Å²) in [5.41, 5.74) is 3.27. The number of carbonyl (C=O) groups is 2. The molecule has 0 aromatic heterocycles. The predicted molar refractivity (Wildman–Crippen MR) is 122 cm³/mol. The van der Waals surface area contributed by atoms with E-state index in [1.807, 2.05) is 0 Å². The SMILES string of the molecule is C[C@H](Oc1ccc([N+](=O)[O-])cc1)C(=O)N/N=C\c1ccc(OC(=O)c2cccc(Cl)c2)cc1. The average Bonchev–Trinajstić information content (AvgIpc) is 2.80. The summed E-state index contributed by atoms with van der Waals surface area (Å²) in [6.45, 7) is 1.52. The van der Waals surface area contributed by atoms with Crippen LogP contribution < -0.4 is 14.9 Å². The maximum absolute atomic E-state index is 12.1. The zero-order valence-electron chi connectivity index (χ0n) is 17.3. The lowest BCUT2D eigenvalue weighted by Gasteiger charge is -2.12. The van der Waals surface area contributed by atoms with Gasteiger partial charge in [0.25, 0.3) is 11.6 Å². The zero-order valence-corrected chi connectivity index (χ0v) is 18.1. The van der Waals surface area contributed by atoms with Crippen LogP contribution in [0.4, 0.5) is 5.69 Å². The maximum Gasteiger partial charge on any atom is 0.343 e. The minimum absolute atomic E-state index is 0.0747. The van der Waals surface area contributed by atoms with Crippen molar-refractivity contribution in [3.63, 3.8) is 0 Å². The third kappa shape index (κ3) is 6.88. The van der Waals surface area contributed by atoms with Gasteiger partial charge in [-0.1, -0.05) is 17.7 Å². The van der Waals surface area contributed by atoms with Gasteiger partial charge in [-0.2, -0.15) is 5.10 Å². The third-order valence-corrected chi connectivity index (χ3v) is 4.50. The number of amides is 1. The number of halogens is 1. The molecule has 3 aromatic rings. The number of esters is 1. The second-order valence-corrected chi connectivity index (χ2v) is 7.15. The van der Waals surface area contributed by atoms with Crippen molar-refractivity contribution in [3.05, 3.63) is 99.1 Å². The molecular weight excluding hydrogens is 450 g/mol. The predicted octanol–water partition coefficient (Wildman–Crippen LogP) is 4.39. The fraction of sp³-hybridized carbons (Fsp3) is 0.0870. The van der Waals surface area contributed by atoms with E-state index in [0.717, 1.165) is 0 Å². The van der Waals surface area contributed by atoms with Crippen LogP contribution in [0.1, 0.15) is 22.8 Å². The average molecular weight is 468 g/mol. The Bertz CT molecular complexity index is 1180. The highest BCUT2D eigenvalue weighted by Crippen LogP contribution is 2.19. The summed E-state index contributed by atoms with van der Waals surface area (Å²) in [5.74, 6) is -0.383. The molecule has 0 saturated carbocycles. The van der Waals surface area contributed by atoms with E-state index in [2.05, 4.69) is 10.5 Å². The Kier molecular flexibility index (Phi) is 7.72. The molecule has 0 heterocycles. The Morgan fingerprint density at radius 3 is 2.36 bits per heavy atom. The lowest BCUT2D eigenvalue weighted by Crippen LogP contribution is -2.33. The van der Waals surface area contributed by atoms with Crippen molar-refractivity contribution in [1.82, 2.24) is 5.43 Å². The number of nitrogens with zero attached hydrogens (tertiary/aromatic N) is 2. The number of nitro benzene ring substituents is 1. The van der Waals surface area contributed by atoms with Crippen molar-refractivity contribution < 1.29 is 24.0 Å². The summed E-state index contributed by atoms with van der Waals surface area (Å²) < 4.78 is 10.7. The maximum atomic E-state index is 12.1. The summed E-state index contributed by atoms with van der Waals surface area (Å²) in [5, 5.41) is 15.0. The number of hydrazone groups is 1. The lowest BCUT2D eigenvalue weighted by atomic mass is 10.2. The van der Waals surface area contributed by atoms with E-state index in [4.69, 9.17) is 21.1 Å². The molecular formula is C23H18ClN3O6. The second-order valence-electron chi connectivity index (χ2n) is 6.71. The van der Waals surface area contributed by atoms with Crippen LogP contribution in [-0.4, -0.2) is 29.1 Å². The highest BCUT2D eigenvalue weighted by Gasteiger charge is 2.15. The topological polar surface area (TPSA) is 120 Å². The van der Waals surface area contributed by atoms with Crippen molar-refractivity contribution in [1.29, 1.82) is 0 Å². The molecule has 9 nitrogen and oxygen atoms in total. The first-order chi connectivity index (χ1) is 15.8. The van der Waals surface area contributed by atoms with Crippen LogP contribution in [-0.2, 0) is 4.79 Å². The number of carbonyl (C=O) groups excluding carboxylic acids is 2. The monoisotopic (exact) mass is 467 g/mol. The van der Waals surface area contributed by atoms with Gasteiger partial charge in [0.2, 0.25) is 0 Å². The largest absolute Gasteiger partial charge is 0.481 e. The first kappa shape index (κ1) is 23.4. The molecule has 0 aliphatic heterocycles. The number of ether oxygens (including phenoxy) is 2. The Hall–Kier alpha value is -4.24. The van der Waals surface area contributed by atoms with Crippen LogP contribution in [0.2, 0.25) is 5.02 Å². The smallest absolute Gasteiger partial charge is 0.343 e. The minimum Gasteiger partial charge on any atom is -0.481 e. The summed E-state index contributed by atoms with van der Waals surface area (Å²) in [6.07, 6.45) is 0.538. The van der Waals surface area contributed by atoms with Crippen LogP contribution in [0.25, 0.3) is 0 Å². The van der Waals surface area contributed by atoms with E-state index in [-0.39, 0.29) is 5.69 Å². The molecule has 0 radical (unpaired) electrons. The van der Waals surface area contributed by atoms with E-state index in [0.29, 0.717) is 27.6 Å². The Morgan fingerprint density at radius 2 is 1.73 bits per heavy atom.